The largest absolute Gasteiger partial charge is 0.379 e. The van der Waals surface area contributed by atoms with Crippen molar-refractivity contribution in [1.29, 1.82) is 0 Å². The number of aliphatic imine (C=N–C) groups is 1. The lowest BCUT2D eigenvalue weighted by atomic mass is 10.2. The van der Waals surface area contributed by atoms with Gasteiger partial charge in [0.15, 0.2) is 5.17 Å². The number of nitrogens with zero attached hydrogens (tertiary/aromatic N) is 2. The molecule has 3 rings (SSSR count). The van der Waals surface area contributed by atoms with E-state index < -0.39 is 10.0 Å². The Labute approximate surface area is 147 Å². The van der Waals surface area contributed by atoms with Crippen LogP contribution in [0.3, 0.4) is 0 Å². The van der Waals surface area contributed by atoms with Gasteiger partial charge in [-0.3, -0.25) is 14.6 Å². The molecule has 0 atom stereocenters. The molecular formula is C16H21N3O3S2. The van der Waals surface area contributed by atoms with Crippen LogP contribution in [0.4, 0.5) is 0 Å². The maximum atomic E-state index is 12.4. The number of rotatable bonds is 4. The summed E-state index contributed by atoms with van der Waals surface area (Å²) in [6.45, 7) is 6.71. The first-order chi connectivity index (χ1) is 11.5. The highest BCUT2D eigenvalue weighted by molar-refractivity contribution is 8.18. The molecule has 0 aliphatic carbocycles. The SMILES string of the molecule is Cc1ccc(S(=O)(=O)NC2=NCC(=CCN3CCOCC3)S2)cc1. The van der Waals surface area contributed by atoms with E-state index in [9.17, 15) is 8.42 Å². The fourth-order valence-electron chi connectivity index (χ4n) is 2.40. The van der Waals surface area contributed by atoms with Gasteiger partial charge in [-0.15, -0.1) is 0 Å². The first-order valence-electron chi connectivity index (χ1n) is 7.84. The molecule has 1 fully saturated rings. The fourth-order valence-corrected chi connectivity index (χ4v) is 4.47. The van der Waals surface area contributed by atoms with Crippen molar-refractivity contribution in [3.8, 4) is 0 Å². The number of morpholine rings is 1. The molecule has 0 unspecified atom stereocenters. The van der Waals surface area contributed by atoms with Gasteiger partial charge in [0, 0.05) is 24.5 Å². The Morgan fingerprint density at radius 3 is 2.71 bits per heavy atom. The van der Waals surface area contributed by atoms with Gasteiger partial charge in [0.1, 0.15) is 0 Å². The zero-order chi connectivity index (χ0) is 17.0. The van der Waals surface area contributed by atoms with Gasteiger partial charge >= 0.3 is 0 Å². The fraction of sp³-hybridized carbons (Fsp3) is 0.438. The van der Waals surface area contributed by atoms with E-state index in [1.807, 2.05) is 6.92 Å². The van der Waals surface area contributed by atoms with Crippen LogP contribution in [-0.2, 0) is 14.8 Å². The molecule has 1 saturated heterocycles. The maximum Gasteiger partial charge on any atom is 0.263 e. The average molecular weight is 367 g/mol. The number of hydrogen-bond acceptors (Lipinski definition) is 6. The van der Waals surface area contributed by atoms with Gasteiger partial charge in [0.05, 0.1) is 24.7 Å². The zero-order valence-electron chi connectivity index (χ0n) is 13.6. The molecule has 8 heteroatoms. The molecule has 6 nitrogen and oxygen atoms in total. The molecular weight excluding hydrogens is 346 g/mol. The van der Waals surface area contributed by atoms with E-state index in [-0.39, 0.29) is 4.90 Å². The topological polar surface area (TPSA) is 71.0 Å². The van der Waals surface area contributed by atoms with Crippen molar-refractivity contribution in [2.24, 2.45) is 4.99 Å². The van der Waals surface area contributed by atoms with Gasteiger partial charge < -0.3 is 4.74 Å². The van der Waals surface area contributed by atoms with Gasteiger partial charge in [-0.25, -0.2) is 8.42 Å². The van der Waals surface area contributed by atoms with E-state index in [1.165, 1.54) is 11.8 Å². The summed E-state index contributed by atoms with van der Waals surface area (Å²) in [6, 6.07) is 6.78. The van der Waals surface area contributed by atoms with E-state index in [2.05, 4.69) is 20.7 Å². The van der Waals surface area contributed by atoms with E-state index in [0.29, 0.717) is 11.7 Å². The Kier molecular flexibility index (Phi) is 5.60. The molecule has 0 amide bonds. The molecule has 0 radical (unpaired) electrons. The summed E-state index contributed by atoms with van der Waals surface area (Å²) in [6.07, 6.45) is 2.12. The maximum absolute atomic E-state index is 12.4. The van der Waals surface area contributed by atoms with Crippen LogP contribution in [0.2, 0.25) is 0 Å². The molecule has 0 spiro atoms. The Hall–Kier alpha value is -1.35. The van der Waals surface area contributed by atoms with E-state index in [1.54, 1.807) is 24.3 Å². The summed E-state index contributed by atoms with van der Waals surface area (Å²) in [5, 5.41) is 0.434. The number of ether oxygens (including phenoxy) is 1. The van der Waals surface area contributed by atoms with Crippen LogP contribution < -0.4 is 4.72 Å². The van der Waals surface area contributed by atoms with Gasteiger partial charge in [-0.2, -0.15) is 0 Å². The molecule has 2 heterocycles. The number of hydrogen-bond donors (Lipinski definition) is 1. The Bertz CT molecular complexity index is 736. The molecule has 1 aromatic rings. The standard InChI is InChI=1S/C16H21N3O3S2/c1-13-2-4-15(5-3-13)24(20,21)18-16-17-12-14(23-16)6-7-19-8-10-22-11-9-19/h2-6H,7-12H2,1H3,(H,17,18). The second-order valence-corrected chi connectivity index (χ2v) is 8.52. The third-order valence-electron chi connectivity index (χ3n) is 3.84. The zero-order valence-corrected chi connectivity index (χ0v) is 15.2. The minimum absolute atomic E-state index is 0.252. The molecule has 2 aliphatic heterocycles. The third-order valence-corrected chi connectivity index (χ3v) is 6.31. The van der Waals surface area contributed by atoms with Crippen LogP contribution in [0, 0.1) is 6.92 Å². The number of sulfonamides is 1. The number of thioether (sulfide) groups is 1. The normalized spacial score (nSPS) is 21.0. The lowest BCUT2D eigenvalue weighted by molar-refractivity contribution is 0.0434. The van der Waals surface area contributed by atoms with Crippen molar-refractivity contribution < 1.29 is 13.2 Å². The van der Waals surface area contributed by atoms with Crippen LogP contribution in [0.25, 0.3) is 0 Å². The number of aryl methyl sites for hydroxylation is 1. The van der Waals surface area contributed by atoms with Crippen molar-refractivity contribution in [1.82, 2.24) is 9.62 Å². The minimum atomic E-state index is -3.58. The number of benzene rings is 1. The summed E-state index contributed by atoms with van der Waals surface area (Å²) in [7, 11) is -3.58. The average Bonchev–Trinajstić information content (AvgIpc) is 3.01. The molecule has 0 bridgehead atoms. The second-order valence-electron chi connectivity index (χ2n) is 5.73. The Morgan fingerprint density at radius 2 is 2.00 bits per heavy atom. The minimum Gasteiger partial charge on any atom is -0.379 e. The summed E-state index contributed by atoms with van der Waals surface area (Å²) < 4.78 is 32.6. The highest BCUT2D eigenvalue weighted by atomic mass is 32.2. The van der Waals surface area contributed by atoms with Crippen molar-refractivity contribution in [3.05, 3.63) is 40.8 Å². The number of amidine groups is 1. The molecule has 0 aromatic heterocycles. The van der Waals surface area contributed by atoms with Crippen LogP contribution in [0.5, 0.6) is 0 Å². The third kappa shape index (κ3) is 4.60. The van der Waals surface area contributed by atoms with Crippen molar-refractivity contribution in [2.75, 3.05) is 39.4 Å². The van der Waals surface area contributed by atoms with Gasteiger partial charge in [0.25, 0.3) is 10.0 Å². The van der Waals surface area contributed by atoms with Crippen molar-refractivity contribution >= 4 is 27.0 Å². The summed E-state index contributed by atoms with van der Waals surface area (Å²) in [5.41, 5.74) is 1.02. The summed E-state index contributed by atoms with van der Waals surface area (Å²) >= 11 is 1.39. The van der Waals surface area contributed by atoms with Gasteiger partial charge in [-0.1, -0.05) is 35.5 Å². The van der Waals surface area contributed by atoms with Crippen molar-refractivity contribution in [2.45, 2.75) is 11.8 Å². The second kappa shape index (κ2) is 7.69. The lowest BCUT2D eigenvalue weighted by Crippen LogP contribution is -2.36. The summed E-state index contributed by atoms with van der Waals surface area (Å²) in [5.74, 6) is 0. The van der Waals surface area contributed by atoms with Gasteiger partial charge in [-0.05, 0) is 19.1 Å². The predicted octanol–water partition coefficient (Wildman–Crippen LogP) is 1.59. The molecule has 1 aromatic carbocycles. The lowest BCUT2D eigenvalue weighted by Gasteiger charge is -2.25. The molecule has 1 N–H and O–H groups in total. The molecule has 0 saturated carbocycles. The van der Waals surface area contributed by atoms with Crippen LogP contribution in [0.15, 0.2) is 45.1 Å². The van der Waals surface area contributed by atoms with Crippen molar-refractivity contribution in [3.63, 3.8) is 0 Å². The van der Waals surface area contributed by atoms with Gasteiger partial charge in [0.2, 0.25) is 0 Å². The van der Waals surface area contributed by atoms with E-state index in [0.717, 1.165) is 43.3 Å². The van der Waals surface area contributed by atoms with Crippen LogP contribution in [0.1, 0.15) is 5.56 Å². The monoisotopic (exact) mass is 367 g/mol. The Balaban J connectivity index is 1.56. The quantitative estimate of drug-likeness (QED) is 0.875. The Morgan fingerprint density at radius 1 is 1.29 bits per heavy atom. The van der Waals surface area contributed by atoms with Crippen LogP contribution >= 0.6 is 11.8 Å². The number of nitrogens with one attached hydrogen (secondary N) is 1. The molecule has 2 aliphatic rings. The predicted molar refractivity (Wildman–Crippen MR) is 96.7 cm³/mol. The highest BCUT2D eigenvalue weighted by Crippen LogP contribution is 2.25. The van der Waals surface area contributed by atoms with E-state index >= 15 is 0 Å². The molecule has 130 valence electrons. The first-order valence-corrected chi connectivity index (χ1v) is 10.1. The molecule has 24 heavy (non-hydrogen) atoms. The smallest absolute Gasteiger partial charge is 0.263 e. The summed E-state index contributed by atoms with van der Waals surface area (Å²) in [4.78, 5) is 7.92. The highest BCUT2D eigenvalue weighted by Gasteiger charge is 2.21. The van der Waals surface area contributed by atoms with E-state index in [4.69, 9.17) is 4.74 Å². The van der Waals surface area contributed by atoms with Crippen LogP contribution in [-0.4, -0.2) is 57.9 Å². The first kappa shape index (κ1) is 17.5.